The van der Waals surface area contributed by atoms with Crippen LogP contribution in [-0.4, -0.2) is 51.3 Å². The molecule has 2 rings (SSSR count). The average molecular weight is 317 g/mol. The molecule has 1 amide bonds. The number of ether oxygens (including phenoxy) is 3. The number of carbonyl (C=O) groups is 1. The molecule has 0 aromatic heterocycles. The molecule has 0 saturated carbocycles. The van der Waals surface area contributed by atoms with Crippen LogP contribution in [0.15, 0.2) is 18.2 Å². The summed E-state index contributed by atoms with van der Waals surface area (Å²) in [6, 6.07) is 5.24. The summed E-state index contributed by atoms with van der Waals surface area (Å²) in [5.74, 6) is 3.98. The zero-order valence-corrected chi connectivity index (χ0v) is 13.7. The smallest absolute Gasteiger partial charge is 0.254 e. The Kier molecular flexibility index (Phi) is 6.30. The number of piperidine rings is 1. The number of hydrogen-bond donors (Lipinski definition) is 0. The molecule has 0 aliphatic carbocycles. The summed E-state index contributed by atoms with van der Waals surface area (Å²) in [6.07, 6.45) is 7.22. The van der Waals surface area contributed by atoms with Gasteiger partial charge in [0.05, 0.1) is 20.8 Å². The lowest BCUT2D eigenvalue weighted by atomic mass is 9.98. The van der Waals surface area contributed by atoms with E-state index in [0.717, 1.165) is 19.4 Å². The van der Waals surface area contributed by atoms with Crippen molar-refractivity contribution in [3.63, 3.8) is 0 Å². The summed E-state index contributed by atoms with van der Waals surface area (Å²) in [5, 5.41) is 0. The Labute approximate surface area is 137 Å². The highest BCUT2D eigenvalue weighted by Crippen LogP contribution is 2.28. The van der Waals surface area contributed by atoms with Crippen LogP contribution in [0.3, 0.4) is 0 Å². The predicted octanol–water partition coefficient (Wildman–Crippen LogP) is 2.21. The summed E-state index contributed by atoms with van der Waals surface area (Å²) >= 11 is 0. The quantitative estimate of drug-likeness (QED) is 0.596. The number of nitrogens with zero attached hydrogens (tertiary/aromatic N) is 1. The number of hydrogen-bond acceptors (Lipinski definition) is 4. The zero-order valence-electron chi connectivity index (χ0n) is 13.7. The maximum atomic E-state index is 12.7. The van der Waals surface area contributed by atoms with Crippen molar-refractivity contribution in [2.75, 3.05) is 40.5 Å². The Morgan fingerprint density at radius 3 is 2.83 bits per heavy atom. The average Bonchev–Trinajstić information content (AvgIpc) is 2.61. The topological polar surface area (TPSA) is 48.0 Å². The number of amides is 1. The molecule has 1 aliphatic heterocycles. The Balaban J connectivity index is 2.03. The molecule has 5 nitrogen and oxygen atoms in total. The highest BCUT2D eigenvalue weighted by atomic mass is 16.5. The van der Waals surface area contributed by atoms with Crippen LogP contribution in [0.1, 0.15) is 23.2 Å². The van der Waals surface area contributed by atoms with Gasteiger partial charge in [-0.3, -0.25) is 4.79 Å². The molecular formula is C18H23NO4. The van der Waals surface area contributed by atoms with Crippen LogP contribution >= 0.6 is 0 Å². The minimum Gasteiger partial charge on any atom is -0.493 e. The van der Waals surface area contributed by atoms with E-state index in [4.69, 9.17) is 20.6 Å². The Morgan fingerprint density at radius 2 is 2.13 bits per heavy atom. The van der Waals surface area contributed by atoms with Crippen molar-refractivity contribution in [1.82, 2.24) is 4.90 Å². The highest BCUT2D eigenvalue weighted by molar-refractivity contribution is 5.95. The standard InChI is InChI=1S/C18H23NO4/c1-4-10-23-13-14-6-5-9-19(12-14)18(20)15-7-8-16(21-2)17(11-15)22-3/h1,7-8,11,14H,5-6,9-10,12-13H2,2-3H3. The van der Waals surface area contributed by atoms with Crippen molar-refractivity contribution < 1.29 is 19.0 Å². The van der Waals surface area contributed by atoms with Gasteiger partial charge >= 0.3 is 0 Å². The van der Waals surface area contributed by atoms with Crippen LogP contribution in [0, 0.1) is 18.3 Å². The van der Waals surface area contributed by atoms with E-state index in [9.17, 15) is 4.79 Å². The van der Waals surface area contributed by atoms with E-state index >= 15 is 0 Å². The monoisotopic (exact) mass is 317 g/mol. The molecule has 124 valence electrons. The molecule has 1 aliphatic rings. The summed E-state index contributed by atoms with van der Waals surface area (Å²) in [4.78, 5) is 14.6. The van der Waals surface area contributed by atoms with Crippen molar-refractivity contribution in [2.24, 2.45) is 5.92 Å². The van der Waals surface area contributed by atoms with Crippen LogP contribution < -0.4 is 9.47 Å². The lowest BCUT2D eigenvalue weighted by molar-refractivity contribution is 0.0534. The van der Waals surface area contributed by atoms with Gasteiger partial charge in [-0.05, 0) is 31.0 Å². The highest BCUT2D eigenvalue weighted by Gasteiger charge is 2.25. The third-order valence-electron chi connectivity index (χ3n) is 3.98. The molecule has 1 fully saturated rings. The van der Waals surface area contributed by atoms with Gasteiger partial charge in [0.1, 0.15) is 6.61 Å². The normalized spacial score (nSPS) is 17.4. The molecule has 1 saturated heterocycles. The lowest BCUT2D eigenvalue weighted by Crippen LogP contribution is -2.41. The van der Waals surface area contributed by atoms with Crippen molar-refractivity contribution >= 4 is 5.91 Å². The van der Waals surface area contributed by atoms with Crippen molar-refractivity contribution in [3.05, 3.63) is 23.8 Å². The van der Waals surface area contributed by atoms with Crippen LogP contribution in [0.2, 0.25) is 0 Å². The van der Waals surface area contributed by atoms with Crippen molar-refractivity contribution in [2.45, 2.75) is 12.8 Å². The van der Waals surface area contributed by atoms with Gasteiger partial charge in [-0.25, -0.2) is 0 Å². The van der Waals surface area contributed by atoms with E-state index in [1.807, 2.05) is 4.90 Å². The third-order valence-corrected chi connectivity index (χ3v) is 3.98. The van der Waals surface area contributed by atoms with Gasteiger partial charge in [0.2, 0.25) is 0 Å². The van der Waals surface area contributed by atoms with Gasteiger partial charge in [-0.1, -0.05) is 5.92 Å². The predicted molar refractivity (Wildman–Crippen MR) is 87.8 cm³/mol. The summed E-state index contributed by atoms with van der Waals surface area (Å²) in [7, 11) is 3.14. The Bertz CT molecular complexity index is 579. The lowest BCUT2D eigenvalue weighted by Gasteiger charge is -2.32. The zero-order chi connectivity index (χ0) is 16.7. The summed E-state index contributed by atoms with van der Waals surface area (Å²) in [5.41, 5.74) is 0.604. The third kappa shape index (κ3) is 4.40. The molecule has 1 aromatic carbocycles. The number of carbonyl (C=O) groups excluding carboxylic acids is 1. The second-order valence-corrected chi connectivity index (χ2v) is 5.55. The first-order valence-corrected chi connectivity index (χ1v) is 7.72. The second kappa shape index (κ2) is 8.44. The molecule has 23 heavy (non-hydrogen) atoms. The van der Waals surface area contributed by atoms with Gasteiger partial charge in [-0.2, -0.15) is 0 Å². The van der Waals surface area contributed by atoms with E-state index in [-0.39, 0.29) is 5.91 Å². The number of rotatable bonds is 6. The number of terminal acetylenes is 1. The van der Waals surface area contributed by atoms with Gasteiger partial charge in [0.25, 0.3) is 5.91 Å². The van der Waals surface area contributed by atoms with Crippen LogP contribution in [0.25, 0.3) is 0 Å². The van der Waals surface area contributed by atoms with Crippen LogP contribution in [0.5, 0.6) is 11.5 Å². The van der Waals surface area contributed by atoms with E-state index in [2.05, 4.69) is 5.92 Å². The maximum absolute atomic E-state index is 12.7. The Morgan fingerprint density at radius 1 is 1.35 bits per heavy atom. The molecule has 1 heterocycles. The molecule has 1 aromatic rings. The number of methoxy groups -OCH3 is 2. The molecule has 0 spiro atoms. The summed E-state index contributed by atoms with van der Waals surface area (Å²) in [6.45, 7) is 2.37. The van der Waals surface area contributed by atoms with Gasteiger partial charge in [-0.15, -0.1) is 6.42 Å². The molecule has 0 radical (unpaired) electrons. The van der Waals surface area contributed by atoms with E-state index < -0.39 is 0 Å². The van der Waals surface area contributed by atoms with E-state index in [1.165, 1.54) is 0 Å². The first-order valence-electron chi connectivity index (χ1n) is 7.72. The molecular weight excluding hydrogens is 294 g/mol. The van der Waals surface area contributed by atoms with Gasteiger partial charge in [0.15, 0.2) is 11.5 Å². The number of likely N-dealkylation sites (tertiary alicyclic amines) is 1. The van der Waals surface area contributed by atoms with Gasteiger partial charge in [0, 0.05) is 24.6 Å². The van der Waals surface area contributed by atoms with Crippen molar-refractivity contribution in [1.29, 1.82) is 0 Å². The molecule has 1 atom stereocenters. The first kappa shape index (κ1) is 17.2. The first-order chi connectivity index (χ1) is 11.2. The van der Waals surface area contributed by atoms with Crippen molar-refractivity contribution in [3.8, 4) is 23.8 Å². The fraction of sp³-hybridized carbons (Fsp3) is 0.500. The summed E-state index contributed by atoms with van der Waals surface area (Å²) < 4.78 is 15.9. The maximum Gasteiger partial charge on any atom is 0.254 e. The largest absolute Gasteiger partial charge is 0.493 e. The van der Waals surface area contributed by atoms with E-state index in [0.29, 0.717) is 42.7 Å². The Hall–Kier alpha value is -2.19. The second-order valence-electron chi connectivity index (χ2n) is 5.55. The fourth-order valence-electron chi connectivity index (χ4n) is 2.82. The van der Waals surface area contributed by atoms with Crippen LogP contribution in [-0.2, 0) is 4.74 Å². The minimum atomic E-state index is 0.00704. The number of benzene rings is 1. The van der Waals surface area contributed by atoms with Crippen LogP contribution in [0.4, 0.5) is 0 Å². The fourth-order valence-corrected chi connectivity index (χ4v) is 2.82. The van der Waals surface area contributed by atoms with E-state index in [1.54, 1.807) is 32.4 Å². The SMILES string of the molecule is C#CCOCC1CCCN(C(=O)c2ccc(OC)c(OC)c2)C1. The minimum absolute atomic E-state index is 0.00704. The molecule has 1 unspecified atom stereocenters. The van der Waals surface area contributed by atoms with Gasteiger partial charge < -0.3 is 19.1 Å². The molecule has 5 heteroatoms. The molecule has 0 N–H and O–H groups in total. The molecule has 0 bridgehead atoms.